The number of amides is 2. The molecule has 0 aromatic heterocycles. The molecule has 0 spiro atoms. The van der Waals surface area contributed by atoms with Gasteiger partial charge in [0, 0.05) is 18.8 Å². The number of carbonyl (C=O) groups is 2. The first-order chi connectivity index (χ1) is 10.1. The van der Waals surface area contributed by atoms with Gasteiger partial charge in [-0.15, -0.1) is 0 Å². The number of hydrogen-bond donors (Lipinski definition) is 3. The second-order valence-corrected chi connectivity index (χ2v) is 5.14. The van der Waals surface area contributed by atoms with E-state index in [9.17, 15) is 9.59 Å². The first-order valence-electron chi connectivity index (χ1n) is 7.06. The SMILES string of the molecule is Cc1cc(NC(=O)NCCC2CCCO2)ccc1C(=O)O. The van der Waals surface area contributed by atoms with Crippen LogP contribution < -0.4 is 10.6 Å². The fourth-order valence-corrected chi connectivity index (χ4v) is 2.38. The number of carboxylic acid groups (broad SMARTS) is 1. The van der Waals surface area contributed by atoms with Crippen molar-refractivity contribution in [3.05, 3.63) is 29.3 Å². The third kappa shape index (κ3) is 4.46. The zero-order valence-electron chi connectivity index (χ0n) is 12.0. The van der Waals surface area contributed by atoms with Crippen LogP contribution in [0.15, 0.2) is 18.2 Å². The number of hydrogen-bond acceptors (Lipinski definition) is 3. The number of ether oxygens (including phenoxy) is 1. The van der Waals surface area contributed by atoms with Crippen molar-refractivity contribution in [3.8, 4) is 0 Å². The first-order valence-corrected chi connectivity index (χ1v) is 7.06. The van der Waals surface area contributed by atoms with Gasteiger partial charge in [0.15, 0.2) is 0 Å². The monoisotopic (exact) mass is 292 g/mol. The molecule has 2 amide bonds. The van der Waals surface area contributed by atoms with Crippen molar-refractivity contribution in [2.45, 2.75) is 32.3 Å². The van der Waals surface area contributed by atoms with Crippen LogP contribution in [-0.2, 0) is 4.74 Å². The van der Waals surface area contributed by atoms with E-state index in [1.807, 2.05) is 0 Å². The molecule has 1 aliphatic heterocycles. The summed E-state index contributed by atoms with van der Waals surface area (Å²) in [5.41, 5.74) is 1.42. The molecule has 114 valence electrons. The lowest BCUT2D eigenvalue weighted by Gasteiger charge is -2.11. The fraction of sp³-hybridized carbons (Fsp3) is 0.467. The summed E-state index contributed by atoms with van der Waals surface area (Å²) in [6, 6.07) is 4.41. The summed E-state index contributed by atoms with van der Waals surface area (Å²) >= 11 is 0. The van der Waals surface area contributed by atoms with E-state index in [1.54, 1.807) is 19.1 Å². The van der Waals surface area contributed by atoms with Crippen LogP contribution in [0.2, 0.25) is 0 Å². The molecule has 2 rings (SSSR count). The minimum Gasteiger partial charge on any atom is -0.478 e. The van der Waals surface area contributed by atoms with Crippen LogP contribution in [0.1, 0.15) is 35.2 Å². The van der Waals surface area contributed by atoms with Crippen molar-refractivity contribution in [1.29, 1.82) is 0 Å². The van der Waals surface area contributed by atoms with Crippen LogP contribution in [0, 0.1) is 6.92 Å². The summed E-state index contributed by atoms with van der Waals surface area (Å²) in [4.78, 5) is 22.6. The highest BCUT2D eigenvalue weighted by atomic mass is 16.5. The summed E-state index contributed by atoms with van der Waals surface area (Å²) in [6.45, 7) is 3.07. The van der Waals surface area contributed by atoms with E-state index >= 15 is 0 Å². The van der Waals surface area contributed by atoms with Gasteiger partial charge in [0.1, 0.15) is 0 Å². The van der Waals surface area contributed by atoms with Crippen molar-refractivity contribution in [2.24, 2.45) is 0 Å². The Morgan fingerprint density at radius 3 is 2.86 bits per heavy atom. The number of aromatic carboxylic acids is 1. The Morgan fingerprint density at radius 1 is 1.43 bits per heavy atom. The van der Waals surface area contributed by atoms with Gasteiger partial charge in [-0.25, -0.2) is 9.59 Å². The van der Waals surface area contributed by atoms with Gasteiger partial charge in [-0.1, -0.05) is 0 Å². The summed E-state index contributed by atoms with van der Waals surface area (Å²) in [7, 11) is 0. The molecule has 0 saturated carbocycles. The van der Waals surface area contributed by atoms with E-state index in [0.29, 0.717) is 17.8 Å². The third-order valence-corrected chi connectivity index (χ3v) is 3.49. The maximum absolute atomic E-state index is 11.7. The summed E-state index contributed by atoms with van der Waals surface area (Å²) < 4.78 is 5.48. The zero-order chi connectivity index (χ0) is 15.2. The van der Waals surface area contributed by atoms with E-state index in [1.165, 1.54) is 6.07 Å². The first kappa shape index (κ1) is 15.3. The van der Waals surface area contributed by atoms with Crippen LogP contribution in [0.4, 0.5) is 10.5 Å². The zero-order valence-corrected chi connectivity index (χ0v) is 12.0. The molecule has 1 fully saturated rings. The topological polar surface area (TPSA) is 87.7 Å². The normalized spacial score (nSPS) is 17.5. The summed E-state index contributed by atoms with van der Waals surface area (Å²) in [5.74, 6) is -0.972. The van der Waals surface area contributed by atoms with Gasteiger partial charge in [0.2, 0.25) is 0 Å². The van der Waals surface area contributed by atoms with Crippen LogP contribution in [0.5, 0.6) is 0 Å². The number of carboxylic acids is 1. The molecule has 1 heterocycles. The van der Waals surface area contributed by atoms with Gasteiger partial charge < -0.3 is 20.5 Å². The van der Waals surface area contributed by atoms with Crippen molar-refractivity contribution < 1.29 is 19.4 Å². The smallest absolute Gasteiger partial charge is 0.335 e. The maximum Gasteiger partial charge on any atom is 0.335 e. The van der Waals surface area contributed by atoms with Crippen LogP contribution in [0.25, 0.3) is 0 Å². The van der Waals surface area contributed by atoms with Gasteiger partial charge in [-0.3, -0.25) is 0 Å². The molecule has 0 bridgehead atoms. The molecule has 1 saturated heterocycles. The molecule has 1 aliphatic rings. The predicted octanol–water partition coefficient (Wildman–Crippen LogP) is 2.38. The lowest BCUT2D eigenvalue weighted by molar-refractivity contribution is 0.0696. The molecule has 0 aliphatic carbocycles. The Kier molecular flexibility index (Phi) is 5.16. The highest BCUT2D eigenvalue weighted by Crippen LogP contribution is 2.16. The van der Waals surface area contributed by atoms with Crippen LogP contribution in [0.3, 0.4) is 0 Å². The van der Waals surface area contributed by atoms with Gasteiger partial charge in [0.25, 0.3) is 0 Å². The average Bonchev–Trinajstić information content (AvgIpc) is 2.91. The second-order valence-electron chi connectivity index (χ2n) is 5.14. The van der Waals surface area contributed by atoms with E-state index < -0.39 is 5.97 Å². The lowest BCUT2D eigenvalue weighted by atomic mass is 10.1. The molecule has 21 heavy (non-hydrogen) atoms. The Morgan fingerprint density at radius 2 is 2.24 bits per heavy atom. The Labute approximate surface area is 123 Å². The molecule has 1 aromatic rings. The molecule has 1 aromatic carbocycles. The van der Waals surface area contributed by atoms with E-state index in [2.05, 4.69) is 10.6 Å². The number of carbonyl (C=O) groups excluding carboxylic acids is 1. The molecule has 1 atom stereocenters. The van der Waals surface area contributed by atoms with Gasteiger partial charge in [0.05, 0.1) is 11.7 Å². The minimum atomic E-state index is -0.972. The number of nitrogens with one attached hydrogen (secondary N) is 2. The van der Waals surface area contributed by atoms with E-state index in [0.717, 1.165) is 25.9 Å². The molecular formula is C15H20N2O4. The number of rotatable bonds is 5. The van der Waals surface area contributed by atoms with Gasteiger partial charge >= 0.3 is 12.0 Å². The summed E-state index contributed by atoms with van der Waals surface area (Å²) in [6.07, 6.45) is 3.21. The third-order valence-electron chi connectivity index (χ3n) is 3.49. The molecule has 1 unspecified atom stereocenters. The molecule has 3 N–H and O–H groups in total. The van der Waals surface area contributed by atoms with Gasteiger partial charge in [-0.05, 0) is 49.9 Å². The second kappa shape index (κ2) is 7.08. The number of benzene rings is 1. The van der Waals surface area contributed by atoms with Crippen LogP contribution >= 0.6 is 0 Å². The van der Waals surface area contributed by atoms with Crippen LogP contribution in [-0.4, -0.2) is 36.4 Å². The Hall–Kier alpha value is -2.08. The standard InChI is InChI=1S/C15H20N2O4/c1-10-9-11(4-5-13(10)14(18)19)17-15(20)16-7-6-12-3-2-8-21-12/h4-5,9,12H,2-3,6-8H2,1H3,(H,18,19)(H2,16,17,20). The maximum atomic E-state index is 11.7. The molecule has 0 radical (unpaired) electrons. The Balaban J connectivity index is 1.79. The van der Waals surface area contributed by atoms with E-state index in [4.69, 9.17) is 9.84 Å². The molecular weight excluding hydrogens is 272 g/mol. The quantitative estimate of drug-likeness (QED) is 0.777. The number of anilines is 1. The number of urea groups is 1. The minimum absolute atomic E-state index is 0.236. The highest BCUT2D eigenvalue weighted by molar-refractivity contribution is 5.92. The highest BCUT2D eigenvalue weighted by Gasteiger charge is 2.15. The molecule has 6 nitrogen and oxygen atoms in total. The number of aryl methyl sites for hydroxylation is 1. The summed E-state index contributed by atoms with van der Waals surface area (Å²) in [5, 5.41) is 14.4. The fourth-order valence-electron chi connectivity index (χ4n) is 2.38. The van der Waals surface area contributed by atoms with Crippen molar-refractivity contribution >= 4 is 17.7 Å². The Bertz CT molecular complexity index is 524. The van der Waals surface area contributed by atoms with Crippen molar-refractivity contribution in [2.75, 3.05) is 18.5 Å². The largest absolute Gasteiger partial charge is 0.478 e. The molecule has 6 heteroatoms. The van der Waals surface area contributed by atoms with Gasteiger partial charge in [-0.2, -0.15) is 0 Å². The predicted molar refractivity (Wildman–Crippen MR) is 78.8 cm³/mol. The van der Waals surface area contributed by atoms with E-state index in [-0.39, 0.29) is 17.7 Å². The lowest BCUT2D eigenvalue weighted by Crippen LogP contribution is -2.31. The average molecular weight is 292 g/mol. The van der Waals surface area contributed by atoms with Crippen molar-refractivity contribution in [1.82, 2.24) is 5.32 Å². The van der Waals surface area contributed by atoms with Crippen molar-refractivity contribution in [3.63, 3.8) is 0 Å².